The molecule has 2 heteroatoms. The largest absolute Gasteiger partial charge is 0.469 e. The van der Waals surface area contributed by atoms with Crippen molar-refractivity contribution < 1.29 is 9.53 Å². The van der Waals surface area contributed by atoms with E-state index in [-0.39, 0.29) is 5.97 Å². The summed E-state index contributed by atoms with van der Waals surface area (Å²) in [5.74, 6) is 1.17. The molecule has 2 nitrogen and oxygen atoms in total. The first-order valence-corrected chi connectivity index (χ1v) is 5.05. The summed E-state index contributed by atoms with van der Waals surface area (Å²) in [6.07, 6.45) is 3.01. The Bertz CT molecular complexity index is 196. The van der Waals surface area contributed by atoms with Gasteiger partial charge < -0.3 is 4.74 Å². The molecule has 0 aromatic rings. The summed E-state index contributed by atoms with van der Waals surface area (Å²) < 4.78 is 4.70. The molecule has 1 saturated carbocycles. The molecule has 2 atom stereocenters. The fourth-order valence-electron chi connectivity index (χ4n) is 2.25. The lowest BCUT2D eigenvalue weighted by atomic mass is 9.75. The van der Waals surface area contributed by atoms with Crippen LogP contribution in [-0.2, 0) is 9.53 Å². The highest BCUT2D eigenvalue weighted by Gasteiger charge is 2.41. The Balaban J connectivity index is 2.57. The summed E-state index contributed by atoms with van der Waals surface area (Å²) in [5.41, 5.74) is 0.300. The molecule has 1 aliphatic carbocycles. The predicted octanol–water partition coefficient (Wildman–Crippen LogP) is 2.62. The molecule has 13 heavy (non-hydrogen) atoms. The van der Waals surface area contributed by atoms with Crippen LogP contribution in [0.4, 0.5) is 0 Å². The lowest BCUT2D eigenvalue weighted by Gasteiger charge is -2.30. The third-order valence-corrected chi connectivity index (χ3v) is 3.91. The third kappa shape index (κ3) is 2.04. The van der Waals surface area contributed by atoms with Gasteiger partial charge in [0, 0.05) is 6.42 Å². The Morgan fingerprint density at radius 1 is 1.46 bits per heavy atom. The van der Waals surface area contributed by atoms with E-state index in [4.69, 9.17) is 4.74 Å². The maximum absolute atomic E-state index is 11.1. The van der Waals surface area contributed by atoms with Gasteiger partial charge >= 0.3 is 5.97 Å². The zero-order valence-electron chi connectivity index (χ0n) is 9.09. The van der Waals surface area contributed by atoms with Gasteiger partial charge in [-0.05, 0) is 30.1 Å². The molecule has 0 spiro atoms. The molecule has 0 aliphatic heterocycles. The predicted molar refractivity (Wildman–Crippen MR) is 52.3 cm³/mol. The van der Waals surface area contributed by atoms with Crippen LogP contribution in [0.15, 0.2) is 0 Å². The van der Waals surface area contributed by atoms with Crippen LogP contribution < -0.4 is 0 Å². The molecule has 0 saturated heterocycles. The van der Waals surface area contributed by atoms with Crippen molar-refractivity contribution in [2.24, 2.45) is 17.3 Å². The van der Waals surface area contributed by atoms with E-state index in [0.29, 0.717) is 17.8 Å². The van der Waals surface area contributed by atoms with E-state index in [9.17, 15) is 4.79 Å². The van der Waals surface area contributed by atoms with Gasteiger partial charge in [0.05, 0.1) is 7.11 Å². The Kier molecular flexibility index (Phi) is 2.99. The zero-order chi connectivity index (χ0) is 10.1. The molecule has 1 aliphatic rings. The van der Waals surface area contributed by atoms with Crippen molar-refractivity contribution in [1.82, 2.24) is 0 Å². The molecule has 1 fully saturated rings. The van der Waals surface area contributed by atoms with Crippen LogP contribution in [0.3, 0.4) is 0 Å². The molecule has 0 N–H and O–H groups in total. The topological polar surface area (TPSA) is 26.3 Å². The normalized spacial score (nSPS) is 31.7. The summed E-state index contributed by atoms with van der Waals surface area (Å²) >= 11 is 0. The molecule has 0 bridgehead atoms. The van der Waals surface area contributed by atoms with Crippen molar-refractivity contribution in [3.05, 3.63) is 0 Å². The minimum atomic E-state index is -0.0628. The highest BCUT2D eigenvalue weighted by Crippen LogP contribution is 2.48. The quantitative estimate of drug-likeness (QED) is 0.617. The van der Waals surface area contributed by atoms with Crippen LogP contribution in [0.1, 0.15) is 40.0 Å². The van der Waals surface area contributed by atoms with Crippen LogP contribution in [0.5, 0.6) is 0 Å². The van der Waals surface area contributed by atoms with E-state index in [1.54, 1.807) is 0 Å². The van der Waals surface area contributed by atoms with Gasteiger partial charge in [0.15, 0.2) is 0 Å². The Labute approximate surface area is 80.7 Å². The molecule has 0 amide bonds. The van der Waals surface area contributed by atoms with E-state index in [0.717, 1.165) is 5.92 Å². The summed E-state index contributed by atoms with van der Waals surface area (Å²) in [4.78, 5) is 11.1. The van der Waals surface area contributed by atoms with Gasteiger partial charge in [0.2, 0.25) is 0 Å². The second-order valence-electron chi connectivity index (χ2n) is 4.78. The summed E-state index contributed by atoms with van der Waals surface area (Å²) in [5, 5.41) is 0. The van der Waals surface area contributed by atoms with Crippen molar-refractivity contribution in [3.8, 4) is 0 Å². The monoisotopic (exact) mass is 184 g/mol. The summed E-state index contributed by atoms with van der Waals surface area (Å²) in [7, 11) is 1.47. The van der Waals surface area contributed by atoms with E-state index in [2.05, 4.69) is 20.8 Å². The van der Waals surface area contributed by atoms with Crippen LogP contribution in [0.2, 0.25) is 0 Å². The van der Waals surface area contributed by atoms with E-state index < -0.39 is 0 Å². The van der Waals surface area contributed by atoms with Crippen LogP contribution in [0.25, 0.3) is 0 Å². The van der Waals surface area contributed by atoms with E-state index >= 15 is 0 Å². The van der Waals surface area contributed by atoms with Crippen molar-refractivity contribution in [3.63, 3.8) is 0 Å². The number of methoxy groups -OCH3 is 1. The molecule has 0 unspecified atom stereocenters. The van der Waals surface area contributed by atoms with Crippen LogP contribution >= 0.6 is 0 Å². The smallest absolute Gasteiger partial charge is 0.305 e. The van der Waals surface area contributed by atoms with Crippen LogP contribution in [-0.4, -0.2) is 13.1 Å². The first kappa shape index (κ1) is 10.6. The number of hydrogen-bond donors (Lipinski definition) is 0. The van der Waals surface area contributed by atoms with E-state index in [1.165, 1.54) is 20.0 Å². The molecular weight excluding hydrogens is 164 g/mol. The summed E-state index contributed by atoms with van der Waals surface area (Å²) in [6.45, 7) is 6.80. The number of hydrogen-bond acceptors (Lipinski definition) is 2. The lowest BCUT2D eigenvalue weighted by Crippen LogP contribution is -2.25. The van der Waals surface area contributed by atoms with Crippen molar-refractivity contribution in [1.29, 1.82) is 0 Å². The summed E-state index contributed by atoms with van der Waals surface area (Å²) in [6, 6.07) is 0. The number of carbonyl (C=O) groups excluding carboxylic acids is 1. The minimum Gasteiger partial charge on any atom is -0.469 e. The van der Waals surface area contributed by atoms with Crippen molar-refractivity contribution >= 4 is 5.97 Å². The fourth-order valence-corrected chi connectivity index (χ4v) is 2.25. The fraction of sp³-hybridized carbons (Fsp3) is 0.909. The SMILES string of the molecule is COC(=O)C[C@H]1CC[C@@H](C)C1(C)C. The van der Waals surface area contributed by atoms with Crippen LogP contribution in [0, 0.1) is 17.3 Å². The highest BCUT2D eigenvalue weighted by atomic mass is 16.5. The molecule has 0 aromatic carbocycles. The number of rotatable bonds is 2. The van der Waals surface area contributed by atoms with Gasteiger partial charge in [-0.2, -0.15) is 0 Å². The van der Waals surface area contributed by atoms with Gasteiger partial charge in [0.1, 0.15) is 0 Å². The van der Waals surface area contributed by atoms with Gasteiger partial charge in [-0.25, -0.2) is 0 Å². The molecule has 0 radical (unpaired) electrons. The van der Waals surface area contributed by atoms with Crippen molar-refractivity contribution in [2.45, 2.75) is 40.0 Å². The molecular formula is C11H20O2. The van der Waals surface area contributed by atoms with Gasteiger partial charge in [-0.15, -0.1) is 0 Å². The lowest BCUT2D eigenvalue weighted by molar-refractivity contribution is -0.142. The average Bonchev–Trinajstić information content (AvgIpc) is 2.31. The number of carbonyl (C=O) groups is 1. The Morgan fingerprint density at radius 3 is 2.46 bits per heavy atom. The number of esters is 1. The highest BCUT2D eigenvalue weighted by molar-refractivity contribution is 5.69. The average molecular weight is 184 g/mol. The minimum absolute atomic E-state index is 0.0628. The van der Waals surface area contributed by atoms with Crippen molar-refractivity contribution in [2.75, 3.05) is 7.11 Å². The third-order valence-electron chi connectivity index (χ3n) is 3.91. The molecule has 1 rings (SSSR count). The Morgan fingerprint density at radius 2 is 2.08 bits per heavy atom. The molecule has 0 heterocycles. The molecule has 0 aromatic heterocycles. The van der Waals surface area contributed by atoms with Gasteiger partial charge in [-0.3, -0.25) is 4.79 Å². The Hall–Kier alpha value is -0.530. The molecule has 76 valence electrons. The second-order valence-corrected chi connectivity index (χ2v) is 4.78. The zero-order valence-corrected chi connectivity index (χ0v) is 9.09. The second kappa shape index (κ2) is 3.69. The van der Waals surface area contributed by atoms with E-state index in [1.807, 2.05) is 0 Å². The van der Waals surface area contributed by atoms with Gasteiger partial charge in [-0.1, -0.05) is 20.8 Å². The maximum atomic E-state index is 11.1. The first-order valence-electron chi connectivity index (χ1n) is 5.05. The maximum Gasteiger partial charge on any atom is 0.305 e. The standard InChI is InChI=1S/C11H20O2/c1-8-5-6-9(11(8,2)3)7-10(12)13-4/h8-9H,5-7H2,1-4H3/t8-,9-/m1/s1. The number of ether oxygens (including phenoxy) is 1. The first-order chi connectivity index (χ1) is 5.98. The van der Waals surface area contributed by atoms with Gasteiger partial charge in [0.25, 0.3) is 0 Å².